The predicted molar refractivity (Wildman–Crippen MR) is 45.5 cm³/mol. The van der Waals surface area contributed by atoms with E-state index in [1.807, 2.05) is 0 Å². The van der Waals surface area contributed by atoms with Gasteiger partial charge in [0.2, 0.25) is 0 Å². The first-order valence-corrected chi connectivity index (χ1v) is 4.60. The largest absolute Gasteiger partial charge is 0.480 e. The molecule has 0 aromatic heterocycles. The minimum atomic E-state index is -5.28. The number of alkyl halides is 6. The molecule has 0 aliphatic carbocycles. The van der Waals surface area contributed by atoms with E-state index in [1.54, 1.807) is 0 Å². The Labute approximate surface area is 97.0 Å². The number of carbonyl (C=O) groups is 2. The van der Waals surface area contributed by atoms with Crippen molar-refractivity contribution in [3.63, 3.8) is 0 Å². The number of hydrogen-bond acceptors (Lipinski definition) is 2. The normalized spacial score (nSPS) is 14.1. The molecule has 10 heteroatoms. The van der Waals surface area contributed by atoms with Gasteiger partial charge in [-0.05, 0) is 12.8 Å². The molecule has 0 heterocycles. The fourth-order valence-corrected chi connectivity index (χ4v) is 1.00. The van der Waals surface area contributed by atoms with E-state index in [1.165, 1.54) is 0 Å². The summed E-state index contributed by atoms with van der Waals surface area (Å²) in [5, 5.41) is 9.57. The van der Waals surface area contributed by atoms with E-state index in [2.05, 4.69) is 0 Å². The van der Waals surface area contributed by atoms with Gasteiger partial charge in [0.1, 0.15) is 6.04 Å². The monoisotopic (exact) mass is 281 g/mol. The van der Waals surface area contributed by atoms with Gasteiger partial charge < -0.3 is 10.4 Å². The van der Waals surface area contributed by atoms with Crippen LogP contribution in [0.1, 0.15) is 19.3 Å². The Morgan fingerprint density at radius 3 is 1.94 bits per heavy atom. The Bertz CT molecular complexity index is 311. The third-order valence-electron chi connectivity index (χ3n) is 1.81. The van der Waals surface area contributed by atoms with Gasteiger partial charge in [0.05, 0.1) is 0 Å². The highest BCUT2D eigenvalue weighted by molar-refractivity contribution is 5.86. The number of amides is 1. The number of carboxylic acid groups (broad SMARTS) is 1. The number of carboxylic acids is 1. The van der Waals surface area contributed by atoms with Crippen LogP contribution in [0, 0.1) is 0 Å². The van der Waals surface area contributed by atoms with Crippen LogP contribution in [-0.4, -0.2) is 35.4 Å². The van der Waals surface area contributed by atoms with Crippen molar-refractivity contribution in [1.29, 1.82) is 0 Å². The van der Waals surface area contributed by atoms with Crippen molar-refractivity contribution >= 4 is 11.9 Å². The van der Waals surface area contributed by atoms with Gasteiger partial charge in [-0.1, -0.05) is 0 Å². The highest BCUT2D eigenvalue weighted by atomic mass is 19.4. The van der Waals surface area contributed by atoms with Crippen LogP contribution >= 0.6 is 0 Å². The average molecular weight is 281 g/mol. The Morgan fingerprint density at radius 2 is 1.61 bits per heavy atom. The molecule has 0 saturated heterocycles. The summed E-state index contributed by atoms with van der Waals surface area (Å²) in [6.45, 7) is 0. The quantitative estimate of drug-likeness (QED) is 0.756. The Morgan fingerprint density at radius 1 is 1.11 bits per heavy atom. The second kappa shape index (κ2) is 5.91. The summed E-state index contributed by atoms with van der Waals surface area (Å²) >= 11 is 0. The molecule has 0 aromatic rings. The van der Waals surface area contributed by atoms with Gasteiger partial charge in [-0.15, -0.1) is 0 Å². The molecule has 0 aliphatic rings. The van der Waals surface area contributed by atoms with E-state index in [0.29, 0.717) is 0 Å². The number of hydrogen-bond donors (Lipinski definition) is 2. The molecular weight excluding hydrogens is 272 g/mol. The van der Waals surface area contributed by atoms with Gasteiger partial charge in [0.15, 0.2) is 0 Å². The van der Waals surface area contributed by atoms with E-state index in [0.717, 1.165) is 5.32 Å². The second-order valence-corrected chi connectivity index (χ2v) is 3.37. The topological polar surface area (TPSA) is 66.4 Å². The van der Waals surface area contributed by atoms with Crippen LogP contribution in [0.2, 0.25) is 0 Å². The third-order valence-corrected chi connectivity index (χ3v) is 1.81. The standard InChI is InChI=1S/C8H9F6NO3/c9-7(10,11)3-1-2-4(5(16)17)15-6(18)8(12,13)14/h4H,1-3H2,(H,15,18)(H,16,17)/t4-/m1/s1. The van der Waals surface area contributed by atoms with Gasteiger partial charge >= 0.3 is 24.2 Å². The lowest BCUT2D eigenvalue weighted by Gasteiger charge is -2.16. The molecule has 106 valence electrons. The van der Waals surface area contributed by atoms with Gasteiger partial charge in [0.25, 0.3) is 0 Å². The van der Waals surface area contributed by atoms with Crippen LogP contribution < -0.4 is 5.32 Å². The van der Waals surface area contributed by atoms with Crippen molar-refractivity contribution in [3.8, 4) is 0 Å². The summed E-state index contributed by atoms with van der Waals surface area (Å²) in [5.74, 6) is -4.32. The lowest BCUT2D eigenvalue weighted by Crippen LogP contribution is -2.46. The molecule has 0 saturated carbocycles. The molecule has 0 bridgehead atoms. The second-order valence-electron chi connectivity index (χ2n) is 3.37. The molecule has 0 spiro atoms. The molecule has 0 radical (unpaired) electrons. The van der Waals surface area contributed by atoms with Crippen LogP contribution in [0.5, 0.6) is 0 Å². The number of carbonyl (C=O) groups excluding carboxylic acids is 1. The first-order valence-electron chi connectivity index (χ1n) is 4.60. The molecular formula is C8H9F6NO3. The summed E-state index contributed by atoms with van der Waals surface area (Å²) in [5.41, 5.74) is 0. The Balaban J connectivity index is 4.34. The van der Waals surface area contributed by atoms with Crippen LogP contribution in [0.25, 0.3) is 0 Å². The predicted octanol–water partition coefficient (Wildman–Crippen LogP) is 1.85. The minimum absolute atomic E-state index is 0.696. The van der Waals surface area contributed by atoms with Gasteiger partial charge in [-0.25, -0.2) is 4.79 Å². The van der Waals surface area contributed by atoms with Crippen LogP contribution in [0.3, 0.4) is 0 Å². The summed E-state index contributed by atoms with van der Waals surface area (Å²) < 4.78 is 70.6. The summed E-state index contributed by atoms with van der Waals surface area (Å²) in [6, 6.07) is -2.00. The van der Waals surface area contributed by atoms with Gasteiger partial charge in [-0.2, -0.15) is 26.3 Å². The number of nitrogens with one attached hydrogen (secondary N) is 1. The third kappa shape index (κ3) is 6.97. The van der Waals surface area contributed by atoms with E-state index in [-0.39, 0.29) is 0 Å². The molecule has 4 nitrogen and oxygen atoms in total. The fraction of sp³-hybridized carbons (Fsp3) is 0.750. The molecule has 0 rings (SSSR count). The van der Waals surface area contributed by atoms with Crippen LogP contribution in [0.4, 0.5) is 26.3 Å². The summed E-state index contributed by atoms with van der Waals surface area (Å²) in [6.07, 6.45) is -12.6. The Kier molecular flexibility index (Phi) is 5.43. The van der Waals surface area contributed by atoms with Crippen molar-refractivity contribution in [3.05, 3.63) is 0 Å². The van der Waals surface area contributed by atoms with Crippen molar-refractivity contribution in [1.82, 2.24) is 5.32 Å². The number of rotatable bonds is 5. The van der Waals surface area contributed by atoms with E-state index in [4.69, 9.17) is 5.11 Å². The molecule has 18 heavy (non-hydrogen) atoms. The van der Waals surface area contributed by atoms with Crippen molar-refractivity contribution in [2.24, 2.45) is 0 Å². The smallest absolute Gasteiger partial charge is 0.471 e. The van der Waals surface area contributed by atoms with Crippen LogP contribution in [-0.2, 0) is 9.59 Å². The molecule has 0 unspecified atom stereocenters. The molecule has 0 fully saturated rings. The lowest BCUT2D eigenvalue weighted by molar-refractivity contribution is -0.175. The molecule has 2 N–H and O–H groups in total. The van der Waals surface area contributed by atoms with E-state index >= 15 is 0 Å². The maximum Gasteiger partial charge on any atom is 0.471 e. The zero-order valence-electron chi connectivity index (χ0n) is 8.73. The van der Waals surface area contributed by atoms with Crippen molar-refractivity contribution in [2.75, 3.05) is 0 Å². The van der Waals surface area contributed by atoms with Gasteiger partial charge in [-0.3, -0.25) is 4.79 Å². The SMILES string of the molecule is O=C(O)[C@@H](CCCC(F)(F)F)NC(=O)C(F)(F)F. The molecule has 0 aliphatic heterocycles. The first-order chi connectivity index (χ1) is 7.93. The summed E-state index contributed by atoms with van der Waals surface area (Å²) in [4.78, 5) is 20.9. The zero-order chi connectivity index (χ0) is 14.6. The molecule has 1 atom stereocenters. The van der Waals surface area contributed by atoms with Crippen molar-refractivity contribution < 1.29 is 41.0 Å². The molecule has 0 aromatic carbocycles. The number of aliphatic carboxylic acids is 1. The first kappa shape index (κ1) is 16.5. The van der Waals surface area contributed by atoms with E-state index in [9.17, 15) is 35.9 Å². The van der Waals surface area contributed by atoms with E-state index < -0.39 is 49.5 Å². The maximum atomic E-state index is 11.8. The van der Waals surface area contributed by atoms with Crippen molar-refractivity contribution in [2.45, 2.75) is 37.7 Å². The highest BCUT2D eigenvalue weighted by Crippen LogP contribution is 2.23. The fourth-order valence-electron chi connectivity index (χ4n) is 1.00. The zero-order valence-corrected chi connectivity index (χ0v) is 8.73. The molecule has 1 amide bonds. The summed E-state index contributed by atoms with van der Waals surface area (Å²) in [7, 11) is 0. The Hall–Kier alpha value is -1.48. The highest BCUT2D eigenvalue weighted by Gasteiger charge is 2.40. The maximum absolute atomic E-state index is 11.8. The van der Waals surface area contributed by atoms with Gasteiger partial charge in [0, 0.05) is 6.42 Å². The minimum Gasteiger partial charge on any atom is -0.480 e. The average Bonchev–Trinajstić information content (AvgIpc) is 2.12. The van der Waals surface area contributed by atoms with Crippen LogP contribution in [0.15, 0.2) is 0 Å². The lowest BCUT2D eigenvalue weighted by atomic mass is 10.1. The number of halogens is 6.